The smallest absolute Gasteiger partial charge is 0.386 e. The van der Waals surface area contributed by atoms with Gasteiger partial charge in [-0.3, -0.25) is 75.1 Å². The van der Waals surface area contributed by atoms with Crippen molar-refractivity contribution in [3.8, 4) is 0 Å². The Hall–Kier alpha value is -6.53. The lowest BCUT2D eigenvalue weighted by atomic mass is 10.0. The summed E-state index contributed by atoms with van der Waals surface area (Å²) in [7, 11) is 5.27. The van der Waals surface area contributed by atoms with Crippen LogP contribution in [0.25, 0.3) is 11.2 Å². The van der Waals surface area contributed by atoms with Crippen LogP contribution in [0.4, 0.5) is 11.6 Å². The van der Waals surface area contributed by atoms with E-state index in [1.165, 1.54) is 72.3 Å². The van der Waals surface area contributed by atoms with E-state index >= 15 is 4.57 Å². The van der Waals surface area contributed by atoms with Crippen molar-refractivity contribution in [3.63, 3.8) is 0 Å². The maximum atomic E-state index is 15.4. The molecule has 5 aromatic heterocycles. The quantitative estimate of drug-likeness (QED) is 0.0118. The lowest BCUT2D eigenvalue weighted by Crippen LogP contribution is -2.42. The van der Waals surface area contributed by atoms with E-state index in [0.717, 1.165) is 58.3 Å². The molecule has 4 aliphatic rings. The second kappa shape index (κ2) is 37.7. The van der Waals surface area contributed by atoms with Crippen molar-refractivity contribution < 1.29 is 104 Å². The van der Waals surface area contributed by atoms with E-state index in [-0.39, 0.29) is 40.3 Å². The molecule has 9 unspecified atom stereocenters. The van der Waals surface area contributed by atoms with Crippen LogP contribution in [0.15, 0.2) is 55.2 Å². The second-order valence-electron chi connectivity index (χ2n) is 25.1. The Morgan fingerprint density at radius 3 is 1.48 bits per heavy atom. The van der Waals surface area contributed by atoms with Gasteiger partial charge in [0.2, 0.25) is 23.6 Å². The number of aromatic amines is 2. The fourth-order valence-corrected chi connectivity index (χ4v) is 16.4. The minimum absolute atomic E-state index is 0.0291. The van der Waals surface area contributed by atoms with Crippen molar-refractivity contribution in [2.45, 2.75) is 171 Å². The molecule has 4 fully saturated rings. The molecule has 4 saturated heterocycles. The lowest BCUT2D eigenvalue weighted by molar-refractivity contribution is -0.133. The number of anilines is 2. The maximum Gasteiger partial charge on any atom is 0.386 e. The molecule has 4 amide bonds. The molecular formula is C59H87N16O27P3S3. The minimum atomic E-state index is -5.12. The third-order valence-corrected chi connectivity index (χ3v) is 22.4. The van der Waals surface area contributed by atoms with Crippen LogP contribution in [0.2, 0.25) is 0 Å². The van der Waals surface area contributed by atoms with Gasteiger partial charge in [0.1, 0.15) is 111 Å². The van der Waals surface area contributed by atoms with Gasteiger partial charge in [0.15, 0.2) is 36.4 Å². The zero-order chi connectivity index (χ0) is 78.7. The van der Waals surface area contributed by atoms with E-state index < -0.39 is 216 Å². The summed E-state index contributed by atoms with van der Waals surface area (Å²) in [5.41, 5.74) is 8.11. The monoisotopic (exact) mass is 1640 g/mol. The van der Waals surface area contributed by atoms with Crippen molar-refractivity contribution in [2.24, 2.45) is 0 Å². The number of likely N-dealkylation sites (N-methyl/N-ethyl adjacent to an activating group) is 4. The van der Waals surface area contributed by atoms with E-state index in [0.29, 0.717) is 12.0 Å². The number of aliphatic hydroxyl groups excluding tert-OH is 1. The summed E-state index contributed by atoms with van der Waals surface area (Å²) in [6.45, 7) is -13.9. The molecule has 0 spiro atoms. The Labute approximate surface area is 629 Å². The first-order valence-electron chi connectivity index (χ1n) is 33.7. The van der Waals surface area contributed by atoms with Gasteiger partial charge in [-0.1, -0.05) is 57.7 Å². The largest absolute Gasteiger partial charge is 0.387 e. The van der Waals surface area contributed by atoms with Gasteiger partial charge in [-0.25, -0.2) is 33.9 Å². The molecule has 0 bridgehead atoms. The summed E-state index contributed by atoms with van der Waals surface area (Å²) in [5.74, 6) is -2.89. The van der Waals surface area contributed by atoms with Gasteiger partial charge in [-0.05, 0) is 50.8 Å². The van der Waals surface area contributed by atoms with Gasteiger partial charge in [0, 0.05) is 63.5 Å². The fourth-order valence-electron chi connectivity index (χ4n) is 12.0. The van der Waals surface area contributed by atoms with Gasteiger partial charge >= 0.3 is 37.3 Å². The number of thiol groups is 1. The topological polar surface area (TPSA) is 564 Å². The van der Waals surface area contributed by atoms with Crippen molar-refractivity contribution in [1.82, 2.24) is 69.4 Å². The van der Waals surface area contributed by atoms with Crippen LogP contribution in [-0.4, -0.2) is 234 Å². The Kier molecular flexibility index (Phi) is 29.8. The highest BCUT2D eigenvalue weighted by Crippen LogP contribution is 2.59. The number of H-pyrrole nitrogens is 2. The number of fused-ring (bicyclic) bond motifs is 1. The molecule has 0 aliphatic carbocycles. The summed E-state index contributed by atoms with van der Waals surface area (Å²) in [6.07, 6.45) is -14.2. The van der Waals surface area contributed by atoms with Crippen molar-refractivity contribution in [3.05, 3.63) is 100 Å². The van der Waals surface area contributed by atoms with Gasteiger partial charge < -0.3 is 94.6 Å². The SMILES string of the molecule is CCCCCCCC[C@H]1O[C@@H](n2cc(C)c(=O)[nH]c2=O)C(OCC(=O)NC)C1OP(O)(=S)OC[C@H]1O[C@@H](n2cnc3c(N)ncnc32)[C@@H](OCC(=O)NC)C1OP(=O)(S)OC[C@H]1O[C@@H](n2cc(C)c(=O)[nH]c2=O)[C@@H](OCC(=O)NC)C1OP(O)(=S)OC[C@H]1O[C@@H](n2cc(C)c(N)nc2=O)C(OCC(=O)NC)C1O. The van der Waals surface area contributed by atoms with Gasteiger partial charge in [0.25, 0.3) is 11.1 Å². The summed E-state index contributed by atoms with van der Waals surface area (Å²) in [4.78, 5) is 163. The number of nitrogens with zero attached hydrogens (tertiary/aromatic N) is 8. The predicted molar refractivity (Wildman–Crippen MR) is 386 cm³/mol. The average molecular weight is 1640 g/mol. The number of amides is 4. The highest BCUT2D eigenvalue weighted by Gasteiger charge is 2.56. The molecule has 4 aliphatic heterocycles. The summed E-state index contributed by atoms with van der Waals surface area (Å²) in [5, 5.41) is 21.3. The number of nitrogens with two attached hydrogens (primary N) is 2. The molecule has 43 nitrogen and oxygen atoms in total. The number of aliphatic hydroxyl groups is 1. The summed E-state index contributed by atoms with van der Waals surface area (Å²) < 4.78 is 106. The highest BCUT2D eigenvalue weighted by molar-refractivity contribution is 8.44. The van der Waals surface area contributed by atoms with Crippen molar-refractivity contribution >= 4 is 103 Å². The zero-order valence-corrected chi connectivity index (χ0v) is 64.7. The fraction of sp³-hybridized carbons (Fsp3) is 0.644. The van der Waals surface area contributed by atoms with E-state index in [4.69, 9.17) is 100 Å². The third kappa shape index (κ3) is 21.2. The number of imidazole rings is 1. The van der Waals surface area contributed by atoms with Gasteiger partial charge in [0.05, 0.1) is 32.3 Å². The normalized spacial score (nSPS) is 27.3. The molecular weight excluding hydrogens is 1550 g/mol. The Balaban J connectivity index is 1.04. The minimum Gasteiger partial charge on any atom is -0.387 e. The van der Waals surface area contributed by atoms with E-state index in [2.05, 4.69) is 70.3 Å². The molecule has 0 radical (unpaired) electrons. The number of nitrogens with one attached hydrogen (secondary N) is 6. The standard InChI is InChI=1S/C59H87N16O27P3S3/c1-9-10-11-12-13-14-15-31-41(45(90-23-36(77)63-6)54(96-31)73-17-29(3)51(81)70-58(73)84)100-104(87,107)94-21-34-43(47(92-25-38(79)65-8)56(99-34)75-27-68-39-49(61)66-26-67-50(39)75)102-105(88,108)95-20-33-42(46(91-24-37(78)64-7)55(98-33)74-18-30(4)52(82)71-59(74)85)101-103(86,106)93-19-32-40(80)44(89-22-35(76)62-5)53(97-32)72-16-28(2)48(60)69-57(72)83/h16-18,26-27,31-34,40-47,53-56,80H,9-15,19-25H2,1-8H3,(H,62,76)(H,63,77)(H,64,78)(H,65,79)(H,86,106)(H,87,107)(H,88,108)(H2,60,69,83)(H2,61,66,67)(H,70,81,84)(H,71,82,85)/t31-,32-,33-,34-,40?,41?,42?,43?,44?,45?,46+,47+,53-,54-,55-,56-,103?,104?,105?/m1/s1. The lowest BCUT2D eigenvalue weighted by Gasteiger charge is -2.30. The Morgan fingerprint density at radius 2 is 0.972 bits per heavy atom. The zero-order valence-electron chi connectivity index (χ0n) is 59.5. The molecule has 49 heteroatoms. The van der Waals surface area contributed by atoms with E-state index in [1.807, 2.05) is 0 Å². The number of aryl methyl sites for hydroxylation is 3. The molecule has 13 N–H and O–H groups in total. The van der Waals surface area contributed by atoms with Crippen LogP contribution in [0.5, 0.6) is 0 Å². The maximum absolute atomic E-state index is 15.4. The number of carbonyl (C=O) groups excluding carboxylic acids is 4. The van der Waals surface area contributed by atoms with E-state index in [1.54, 1.807) is 0 Å². The molecule has 9 rings (SSSR count). The average Bonchev–Trinajstić information content (AvgIpc) is 1.64. The number of hydrogen-bond acceptors (Lipinski definition) is 33. The number of ether oxygens (including phenoxy) is 8. The Bertz CT molecular complexity index is 4500. The number of aromatic nitrogens is 10. The molecule has 9 heterocycles. The van der Waals surface area contributed by atoms with Crippen LogP contribution in [-0.2, 0) is 112 Å². The molecule has 108 heavy (non-hydrogen) atoms. The van der Waals surface area contributed by atoms with Crippen LogP contribution >= 0.6 is 32.5 Å². The molecule has 0 aromatic carbocycles. The highest BCUT2D eigenvalue weighted by atomic mass is 32.7. The first-order chi connectivity index (χ1) is 51.2. The number of carbonyl (C=O) groups is 4. The number of unbranched alkanes of at least 4 members (excludes halogenated alkanes) is 5. The third-order valence-electron chi connectivity index (χ3n) is 17.7. The molecule has 598 valence electrons. The van der Waals surface area contributed by atoms with Crippen LogP contribution in [0, 0.1) is 20.8 Å². The van der Waals surface area contributed by atoms with Crippen LogP contribution < -0.4 is 60.9 Å². The predicted octanol–water partition coefficient (Wildman–Crippen LogP) is -1.82. The summed E-state index contributed by atoms with van der Waals surface area (Å²) >= 11 is 15.7. The molecule has 19 atom stereocenters. The summed E-state index contributed by atoms with van der Waals surface area (Å²) in [6, 6.07) is 0. The van der Waals surface area contributed by atoms with Crippen molar-refractivity contribution in [1.29, 1.82) is 0 Å². The molecule has 0 saturated carbocycles. The van der Waals surface area contributed by atoms with Gasteiger partial charge in [-0.15, -0.1) is 0 Å². The molecule has 5 aromatic rings. The first-order valence-corrected chi connectivity index (χ1v) is 41.6. The number of nitrogen functional groups attached to an aromatic ring is 2. The van der Waals surface area contributed by atoms with Crippen LogP contribution in [0.1, 0.15) is 93.5 Å². The Morgan fingerprint density at radius 1 is 0.556 bits per heavy atom. The number of hydrogen-bond donors (Lipinski definition) is 12. The van der Waals surface area contributed by atoms with Crippen molar-refractivity contribution in [2.75, 3.05) is 85.9 Å². The van der Waals surface area contributed by atoms with E-state index in [9.17, 15) is 58.0 Å². The first kappa shape index (κ1) is 85.5. The van der Waals surface area contributed by atoms with Crippen LogP contribution in [0.3, 0.4) is 0 Å². The van der Waals surface area contributed by atoms with Gasteiger partial charge in [-0.2, -0.15) is 4.98 Å². The second-order valence-corrected chi connectivity index (χ2v) is 33.6. The number of rotatable bonds is 38.